The maximum absolute atomic E-state index is 10.6. The summed E-state index contributed by atoms with van der Waals surface area (Å²) in [5.41, 5.74) is 0.317. The third-order valence-corrected chi connectivity index (χ3v) is 3.55. The molecule has 0 aliphatic carbocycles. The highest BCUT2D eigenvalue weighted by Gasteiger charge is 2.35. The molecule has 1 aromatic rings. The number of methoxy groups -OCH3 is 1. The van der Waals surface area contributed by atoms with Gasteiger partial charge in [-0.3, -0.25) is 0 Å². The number of hydrogen-bond donors (Lipinski definition) is 1. The lowest BCUT2D eigenvalue weighted by Gasteiger charge is -2.29. The van der Waals surface area contributed by atoms with Gasteiger partial charge >= 0.3 is 0 Å². The predicted octanol–water partition coefficient (Wildman–Crippen LogP) is 2.03. The predicted molar refractivity (Wildman–Crippen MR) is 66.2 cm³/mol. The lowest BCUT2D eigenvalue weighted by atomic mass is 9.83. The molecule has 1 N–H and O–H groups in total. The monoisotopic (exact) mass is 236 g/mol. The van der Waals surface area contributed by atoms with Gasteiger partial charge < -0.3 is 14.6 Å². The number of ether oxygens (including phenoxy) is 2. The van der Waals surface area contributed by atoms with Crippen molar-refractivity contribution < 1.29 is 14.6 Å². The Labute approximate surface area is 102 Å². The van der Waals surface area contributed by atoms with Crippen molar-refractivity contribution in [2.75, 3.05) is 20.3 Å². The van der Waals surface area contributed by atoms with Crippen LogP contribution in [0.4, 0.5) is 0 Å². The first-order chi connectivity index (χ1) is 8.13. The highest BCUT2D eigenvalue weighted by atomic mass is 16.5. The van der Waals surface area contributed by atoms with Crippen LogP contribution in [0.25, 0.3) is 0 Å². The average molecular weight is 236 g/mol. The Morgan fingerprint density at radius 2 is 2.24 bits per heavy atom. The molecule has 0 spiro atoms. The molecule has 2 unspecified atom stereocenters. The Bertz CT molecular complexity index is 367. The Kier molecular flexibility index (Phi) is 3.69. The summed E-state index contributed by atoms with van der Waals surface area (Å²) >= 11 is 0. The zero-order valence-corrected chi connectivity index (χ0v) is 10.5. The van der Waals surface area contributed by atoms with Crippen molar-refractivity contribution in [1.29, 1.82) is 0 Å². The molecule has 2 atom stereocenters. The van der Waals surface area contributed by atoms with Crippen molar-refractivity contribution in [3.05, 3.63) is 29.8 Å². The van der Waals surface area contributed by atoms with Gasteiger partial charge in [0.1, 0.15) is 5.75 Å². The van der Waals surface area contributed by atoms with Gasteiger partial charge in [-0.15, -0.1) is 0 Å². The molecule has 0 bridgehead atoms. The molecule has 0 aromatic heterocycles. The maximum Gasteiger partial charge on any atom is 0.122 e. The number of aliphatic hydroxyl groups is 1. The normalized spacial score (nSPS) is 23.4. The third-order valence-electron chi connectivity index (χ3n) is 3.55. The smallest absolute Gasteiger partial charge is 0.122 e. The van der Waals surface area contributed by atoms with E-state index in [9.17, 15) is 5.11 Å². The number of para-hydroxylation sites is 1. The molecule has 1 fully saturated rings. The molecule has 1 aliphatic heterocycles. The van der Waals surface area contributed by atoms with E-state index >= 15 is 0 Å². The van der Waals surface area contributed by atoms with E-state index in [2.05, 4.69) is 0 Å². The molecule has 17 heavy (non-hydrogen) atoms. The second-order valence-electron chi connectivity index (χ2n) is 4.91. The van der Waals surface area contributed by atoms with Crippen LogP contribution in [0.3, 0.4) is 0 Å². The molecule has 2 rings (SSSR count). The van der Waals surface area contributed by atoms with Crippen LogP contribution in [0.5, 0.6) is 5.75 Å². The fourth-order valence-corrected chi connectivity index (χ4v) is 2.40. The molecule has 0 saturated carbocycles. The Morgan fingerprint density at radius 3 is 2.88 bits per heavy atom. The van der Waals surface area contributed by atoms with E-state index in [-0.39, 0.29) is 5.92 Å². The zero-order chi connectivity index (χ0) is 12.3. The van der Waals surface area contributed by atoms with Crippen LogP contribution in [0, 0.1) is 5.92 Å². The van der Waals surface area contributed by atoms with Crippen molar-refractivity contribution >= 4 is 0 Å². The fourth-order valence-electron chi connectivity index (χ4n) is 2.40. The van der Waals surface area contributed by atoms with Crippen LogP contribution in [-0.4, -0.2) is 31.0 Å². The lowest BCUT2D eigenvalue weighted by molar-refractivity contribution is -0.00494. The lowest BCUT2D eigenvalue weighted by Crippen LogP contribution is -2.37. The first kappa shape index (κ1) is 12.4. The first-order valence-corrected chi connectivity index (χ1v) is 6.05. The zero-order valence-electron chi connectivity index (χ0n) is 10.5. The van der Waals surface area contributed by atoms with Gasteiger partial charge in [-0.2, -0.15) is 0 Å². The SMILES string of the molecule is COc1ccccc1CC(C)(O)C1CCOC1. The topological polar surface area (TPSA) is 38.7 Å². The van der Waals surface area contributed by atoms with Crippen LogP contribution < -0.4 is 4.74 Å². The van der Waals surface area contributed by atoms with Gasteiger partial charge in [0, 0.05) is 18.9 Å². The van der Waals surface area contributed by atoms with Crippen LogP contribution >= 0.6 is 0 Å². The number of rotatable bonds is 4. The second kappa shape index (κ2) is 5.07. The Morgan fingerprint density at radius 1 is 1.47 bits per heavy atom. The highest BCUT2D eigenvalue weighted by Crippen LogP contribution is 2.31. The molecule has 94 valence electrons. The van der Waals surface area contributed by atoms with Crippen molar-refractivity contribution in [3.8, 4) is 5.75 Å². The van der Waals surface area contributed by atoms with Gasteiger partial charge in [0.05, 0.1) is 19.3 Å². The van der Waals surface area contributed by atoms with Crippen LogP contribution in [0.15, 0.2) is 24.3 Å². The summed E-state index contributed by atoms with van der Waals surface area (Å²) in [7, 11) is 1.66. The molecular formula is C14H20O3. The molecule has 1 aliphatic rings. The standard InChI is InChI=1S/C14H20O3/c1-14(15,12-7-8-17-10-12)9-11-5-3-4-6-13(11)16-2/h3-6,12,15H,7-10H2,1-2H3. The Balaban J connectivity index is 2.13. The van der Waals surface area contributed by atoms with Crippen molar-refractivity contribution in [2.24, 2.45) is 5.92 Å². The molecule has 3 nitrogen and oxygen atoms in total. The molecule has 3 heteroatoms. The van der Waals surface area contributed by atoms with E-state index in [4.69, 9.17) is 9.47 Å². The van der Waals surface area contributed by atoms with Gasteiger partial charge in [0.15, 0.2) is 0 Å². The van der Waals surface area contributed by atoms with E-state index < -0.39 is 5.60 Å². The minimum absolute atomic E-state index is 0.215. The summed E-state index contributed by atoms with van der Waals surface area (Å²) in [5.74, 6) is 1.05. The quantitative estimate of drug-likeness (QED) is 0.869. The van der Waals surface area contributed by atoms with E-state index in [1.54, 1.807) is 7.11 Å². The van der Waals surface area contributed by atoms with Crippen LogP contribution in [-0.2, 0) is 11.2 Å². The van der Waals surface area contributed by atoms with Crippen LogP contribution in [0.1, 0.15) is 18.9 Å². The summed E-state index contributed by atoms with van der Waals surface area (Å²) in [6, 6.07) is 7.84. The van der Waals surface area contributed by atoms with Crippen LogP contribution in [0.2, 0.25) is 0 Å². The molecule has 1 aromatic carbocycles. The molecule has 0 amide bonds. The van der Waals surface area contributed by atoms with E-state index in [0.717, 1.165) is 24.3 Å². The van der Waals surface area contributed by atoms with Crippen molar-refractivity contribution in [3.63, 3.8) is 0 Å². The summed E-state index contributed by atoms with van der Waals surface area (Å²) in [5, 5.41) is 10.6. The van der Waals surface area contributed by atoms with E-state index in [1.165, 1.54) is 0 Å². The first-order valence-electron chi connectivity index (χ1n) is 6.05. The van der Waals surface area contributed by atoms with Gasteiger partial charge in [-0.05, 0) is 25.0 Å². The Hall–Kier alpha value is -1.06. The van der Waals surface area contributed by atoms with Gasteiger partial charge in [0.2, 0.25) is 0 Å². The minimum atomic E-state index is -0.731. The van der Waals surface area contributed by atoms with Gasteiger partial charge in [-0.1, -0.05) is 18.2 Å². The molecule has 1 heterocycles. The van der Waals surface area contributed by atoms with Gasteiger partial charge in [0.25, 0.3) is 0 Å². The number of benzene rings is 1. The minimum Gasteiger partial charge on any atom is -0.496 e. The molecular weight excluding hydrogens is 216 g/mol. The average Bonchev–Trinajstić information content (AvgIpc) is 2.83. The second-order valence-corrected chi connectivity index (χ2v) is 4.91. The molecule has 0 radical (unpaired) electrons. The summed E-state index contributed by atoms with van der Waals surface area (Å²) in [4.78, 5) is 0. The van der Waals surface area contributed by atoms with Gasteiger partial charge in [-0.25, -0.2) is 0 Å². The number of hydrogen-bond acceptors (Lipinski definition) is 3. The highest BCUT2D eigenvalue weighted by molar-refractivity contribution is 5.34. The fraction of sp³-hybridized carbons (Fsp3) is 0.571. The summed E-state index contributed by atoms with van der Waals surface area (Å²) in [6.07, 6.45) is 1.53. The maximum atomic E-state index is 10.6. The third kappa shape index (κ3) is 2.79. The molecule has 1 saturated heterocycles. The van der Waals surface area contributed by atoms with Crippen molar-refractivity contribution in [2.45, 2.75) is 25.4 Å². The van der Waals surface area contributed by atoms with E-state index in [1.807, 2.05) is 31.2 Å². The summed E-state index contributed by atoms with van der Waals surface area (Å²) in [6.45, 7) is 3.30. The van der Waals surface area contributed by atoms with Crippen molar-refractivity contribution in [1.82, 2.24) is 0 Å². The van der Waals surface area contributed by atoms with E-state index in [0.29, 0.717) is 13.0 Å². The summed E-state index contributed by atoms with van der Waals surface area (Å²) < 4.78 is 10.7. The largest absolute Gasteiger partial charge is 0.496 e.